The van der Waals surface area contributed by atoms with Gasteiger partial charge in [-0.3, -0.25) is 10.1 Å². The van der Waals surface area contributed by atoms with Crippen LogP contribution in [0.4, 0.5) is 4.79 Å². The van der Waals surface area contributed by atoms with Gasteiger partial charge in [-0.25, -0.2) is 9.59 Å². The summed E-state index contributed by atoms with van der Waals surface area (Å²) in [5.41, 5.74) is -0.583. The topological polar surface area (TPSA) is 108 Å². The van der Waals surface area contributed by atoms with Gasteiger partial charge in [0.25, 0.3) is 0 Å². The Kier molecular flexibility index (Phi) is 8.72. The van der Waals surface area contributed by atoms with Crippen LogP contribution in [0.5, 0.6) is 0 Å². The van der Waals surface area contributed by atoms with Crippen LogP contribution in [0.25, 0.3) is 0 Å². The number of hydrogen-bond acceptors (Lipinski definition) is 5. The maximum atomic E-state index is 13.7. The third kappa shape index (κ3) is 6.05. The minimum atomic E-state index is -1.43. The first-order valence-corrected chi connectivity index (χ1v) is 12.2. The molecule has 1 aromatic carbocycles. The quantitative estimate of drug-likeness (QED) is 0.520. The van der Waals surface area contributed by atoms with E-state index in [1.165, 1.54) is 4.90 Å². The van der Waals surface area contributed by atoms with Gasteiger partial charge in [-0.1, -0.05) is 69.9 Å². The molecule has 2 amide bonds. The van der Waals surface area contributed by atoms with E-state index in [0.717, 1.165) is 37.7 Å². The zero-order chi connectivity index (χ0) is 23.8. The standard InChI is InChI=1S/C25H37N3O5/c1-3-18(2)21(26-24(32)33-17-19-11-6-4-7-12-19)22(29)28-16-10-15-25(28,23(30)31)27-20-13-8-5-9-14-20/h4,6-7,11-12,18,20-21,27H,3,5,8-10,13-17H2,1-2H3,(H,26,32)(H,30,31)/t18-,21+,25-/m0/s1. The van der Waals surface area contributed by atoms with E-state index >= 15 is 0 Å². The molecule has 1 aromatic rings. The van der Waals surface area contributed by atoms with Gasteiger partial charge in [-0.2, -0.15) is 0 Å². The van der Waals surface area contributed by atoms with Crippen LogP contribution >= 0.6 is 0 Å². The largest absolute Gasteiger partial charge is 0.478 e. The van der Waals surface area contributed by atoms with Crippen molar-refractivity contribution >= 4 is 18.0 Å². The lowest BCUT2D eigenvalue weighted by Crippen LogP contribution is -2.67. The molecule has 3 rings (SSSR count). The summed E-state index contributed by atoms with van der Waals surface area (Å²) in [6.07, 6.45) is 6.03. The Morgan fingerprint density at radius 3 is 2.48 bits per heavy atom. The van der Waals surface area contributed by atoms with Crippen molar-refractivity contribution in [2.75, 3.05) is 6.54 Å². The number of alkyl carbamates (subject to hydrolysis) is 1. The van der Waals surface area contributed by atoms with Crippen molar-refractivity contribution in [1.82, 2.24) is 15.5 Å². The molecule has 0 radical (unpaired) electrons. The van der Waals surface area contributed by atoms with Crippen LogP contribution in [-0.2, 0) is 20.9 Å². The molecule has 2 aliphatic rings. The molecular weight excluding hydrogens is 422 g/mol. The van der Waals surface area contributed by atoms with E-state index in [1.807, 2.05) is 44.2 Å². The van der Waals surface area contributed by atoms with E-state index in [1.54, 1.807) is 0 Å². The highest BCUT2D eigenvalue weighted by molar-refractivity contribution is 5.92. The number of carboxylic acid groups (broad SMARTS) is 1. The molecule has 33 heavy (non-hydrogen) atoms. The second-order valence-electron chi connectivity index (χ2n) is 9.31. The fourth-order valence-corrected chi connectivity index (χ4v) is 4.88. The number of nitrogens with one attached hydrogen (secondary N) is 2. The van der Waals surface area contributed by atoms with Crippen LogP contribution in [0.2, 0.25) is 0 Å². The number of rotatable bonds is 9. The molecular formula is C25H37N3O5. The summed E-state index contributed by atoms with van der Waals surface area (Å²) in [4.78, 5) is 40.1. The molecule has 1 heterocycles. The molecule has 1 saturated carbocycles. The lowest BCUT2D eigenvalue weighted by atomic mass is 9.92. The first-order valence-electron chi connectivity index (χ1n) is 12.2. The van der Waals surface area contributed by atoms with Gasteiger partial charge in [-0.05, 0) is 37.2 Å². The van der Waals surface area contributed by atoms with Gasteiger partial charge in [0, 0.05) is 12.6 Å². The maximum absolute atomic E-state index is 13.7. The molecule has 3 atom stereocenters. The summed E-state index contributed by atoms with van der Waals surface area (Å²) in [7, 11) is 0. The predicted octanol–water partition coefficient (Wildman–Crippen LogP) is 3.65. The second-order valence-corrected chi connectivity index (χ2v) is 9.31. The number of benzene rings is 1. The number of nitrogens with zero attached hydrogens (tertiary/aromatic N) is 1. The monoisotopic (exact) mass is 459 g/mol. The van der Waals surface area contributed by atoms with Crippen LogP contribution in [0.3, 0.4) is 0 Å². The average Bonchev–Trinajstić information content (AvgIpc) is 3.26. The van der Waals surface area contributed by atoms with Crippen molar-refractivity contribution in [3.05, 3.63) is 35.9 Å². The first kappa shape index (κ1) is 25.0. The Bertz CT molecular complexity index is 812. The predicted molar refractivity (Wildman–Crippen MR) is 124 cm³/mol. The van der Waals surface area contributed by atoms with Crippen molar-refractivity contribution in [1.29, 1.82) is 0 Å². The van der Waals surface area contributed by atoms with E-state index < -0.39 is 23.8 Å². The number of aliphatic carboxylic acids is 1. The van der Waals surface area contributed by atoms with Crippen LogP contribution in [0.15, 0.2) is 30.3 Å². The molecule has 1 aliphatic heterocycles. The van der Waals surface area contributed by atoms with Crippen LogP contribution in [0.1, 0.15) is 70.8 Å². The fraction of sp³-hybridized carbons (Fsp3) is 0.640. The summed E-state index contributed by atoms with van der Waals surface area (Å²) in [6.45, 7) is 4.27. The molecule has 182 valence electrons. The number of carbonyl (C=O) groups excluding carboxylic acids is 2. The molecule has 0 unspecified atom stereocenters. The average molecular weight is 460 g/mol. The number of hydrogen-bond donors (Lipinski definition) is 3. The number of carboxylic acids is 1. The first-order chi connectivity index (χ1) is 15.9. The summed E-state index contributed by atoms with van der Waals surface area (Å²) < 4.78 is 5.33. The number of ether oxygens (including phenoxy) is 1. The lowest BCUT2D eigenvalue weighted by molar-refractivity contribution is -0.161. The Hall–Kier alpha value is -2.61. The highest BCUT2D eigenvalue weighted by Gasteiger charge is 2.52. The van der Waals surface area contributed by atoms with Gasteiger partial charge < -0.3 is 20.1 Å². The van der Waals surface area contributed by atoms with E-state index in [-0.39, 0.29) is 24.5 Å². The number of amides is 2. The molecule has 3 N–H and O–H groups in total. The van der Waals surface area contributed by atoms with Crippen molar-refractivity contribution in [2.24, 2.45) is 5.92 Å². The molecule has 1 aliphatic carbocycles. The maximum Gasteiger partial charge on any atom is 0.408 e. The second kappa shape index (κ2) is 11.5. The molecule has 0 spiro atoms. The zero-order valence-corrected chi connectivity index (χ0v) is 19.7. The van der Waals surface area contributed by atoms with Gasteiger partial charge in [-0.15, -0.1) is 0 Å². The minimum absolute atomic E-state index is 0.0779. The molecule has 1 saturated heterocycles. The Morgan fingerprint density at radius 1 is 1.15 bits per heavy atom. The zero-order valence-electron chi connectivity index (χ0n) is 19.7. The highest BCUT2D eigenvalue weighted by Crippen LogP contribution is 2.32. The van der Waals surface area contributed by atoms with Gasteiger partial charge in [0.15, 0.2) is 5.66 Å². The van der Waals surface area contributed by atoms with Gasteiger partial charge in [0.2, 0.25) is 5.91 Å². The van der Waals surface area contributed by atoms with Crippen LogP contribution < -0.4 is 10.6 Å². The molecule has 0 aromatic heterocycles. The van der Waals surface area contributed by atoms with Crippen molar-refractivity contribution in [2.45, 2.75) is 89.6 Å². The van der Waals surface area contributed by atoms with Crippen molar-refractivity contribution < 1.29 is 24.2 Å². The van der Waals surface area contributed by atoms with Crippen molar-refractivity contribution in [3.63, 3.8) is 0 Å². The van der Waals surface area contributed by atoms with Crippen molar-refractivity contribution in [3.8, 4) is 0 Å². The highest BCUT2D eigenvalue weighted by atomic mass is 16.5. The van der Waals surface area contributed by atoms with Gasteiger partial charge >= 0.3 is 12.1 Å². The molecule has 8 heteroatoms. The lowest BCUT2D eigenvalue weighted by Gasteiger charge is -2.41. The summed E-state index contributed by atoms with van der Waals surface area (Å²) >= 11 is 0. The summed E-state index contributed by atoms with van der Waals surface area (Å²) in [6, 6.07) is 8.53. The van der Waals surface area contributed by atoms with Crippen LogP contribution in [0, 0.1) is 5.92 Å². The SMILES string of the molecule is CC[C@H](C)[C@@H](NC(=O)OCc1ccccc1)C(=O)N1CCC[C@@]1(NC1CCCCC1)C(=O)O. The number of carbonyl (C=O) groups is 3. The Labute approximate surface area is 196 Å². The van der Waals surface area contributed by atoms with E-state index in [2.05, 4.69) is 10.6 Å². The van der Waals surface area contributed by atoms with E-state index in [0.29, 0.717) is 25.8 Å². The van der Waals surface area contributed by atoms with Gasteiger partial charge in [0.05, 0.1) is 0 Å². The number of likely N-dealkylation sites (tertiary alicyclic amines) is 1. The molecule has 2 fully saturated rings. The fourth-order valence-electron chi connectivity index (χ4n) is 4.88. The van der Waals surface area contributed by atoms with Crippen LogP contribution in [-0.4, -0.2) is 52.3 Å². The summed E-state index contributed by atoms with van der Waals surface area (Å²) in [5.74, 6) is -1.58. The Morgan fingerprint density at radius 2 is 1.85 bits per heavy atom. The van der Waals surface area contributed by atoms with E-state index in [4.69, 9.17) is 4.74 Å². The van der Waals surface area contributed by atoms with Gasteiger partial charge in [0.1, 0.15) is 12.6 Å². The van der Waals surface area contributed by atoms with E-state index in [9.17, 15) is 19.5 Å². The molecule has 8 nitrogen and oxygen atoms in total. The third-order valence-electron chi connectivity index (χ3n) is 7.01. The molecule has 0 bridgehead atoms. The smallest absolute Gasteiger partial charge is 0.408 e. The summed E-state index contributed by atoms with van der Waals surface area (Å²) in [5, 5.41) is 16.3. The third-order valence-corrected chi connectivity index (χ3v) is 7.01. The normalized spacial score (nSPS) is 23.0. The minimum Gasteiger partial charge on any atom is -0.478 e. The Balaban J connectivity index is 1.73.